The van der Waals surface area contributed by atoms with Gasteiger partial charge in [0, 0.05) is 24.7 Å². The van der Waals surface area contributed by atoms with Gasteiger partial charge in [0.25, 0.3) is 11.6 Å². The van der Waals surface area contributed by atoms with Gasteiger partial charge in [-0.25, -0.2) is 9.78 Å². The van der Waals surface area contributed by atoms with Crippen LogP contribution in [-0.2, 0) is 4.74 Å². The number of rotatable bonds is 6. The normalized spacial score (nSPS) is 13.2. The number of benzene rings is 2. The molecule has 4 rings (SSSR count). The minimum absolute atomic E-state index is 0.000213. The molecule has 0 bridgehead atoms. The van der Waals surface area contributed by atoms with Crippen LogP contribution in [0.5, 0.6) is 0 Å². The predicted molar refractivity (Wildman–Crippen MR) is 138 cm³/mol. The van der Waals surface area contributed by atoms with Crippen LogP contribution in [-0.4, -0.2) is 46.1 Å². The molecule has 1 amide bonds. The number of carbonyl (C=O) groups is 2. The number of ether oxygens (including phenoxy) is 1. The Balaban J connectivity index is 1.44. The number of thiazole rings is 1. The van der Waals surface area contributed by atoms with Gasteiger partial charge in [-0.15, -0.1) is 0 Å². The van der Waals surface area contributed by atoms with Crippen molar-refractivity contribution in [1.82, 2.24) is 10.3 Å². The van der Waals surface area contributed by atoms with Gasteiger partial charge >= 0.3 is 5.97 Å². The van der Waals surface area contributed by atoms with E-state index in [1.54, 1.807) is 44.2 Å². The Hall–Kier alpha value is -3.64. The van der Waals surface area contributed by atoms with Crippen LogP contribution in [0.3, 0.4) is 0 Å². The molecular formula is C23H23N5O5S2. The zero-order valence-corrected chi connectivity index (χ0v) is 20.7. The van der Waals surface area contributed by atoms with Crippen molar-refractivity contribution in [2.75, 3.05) is 23.3 Å². The van der Waals surface area contributed by atoms with Gasteiger partial charge in [0.2, 0.25) is 0 Å². The van der Waals surface area contributed by atoms with Gasteiger partial charge in [-0.2, -0.15) is 0 Å². The van der Waals surface area contributed by atoms with Crippen molar-refractivity contribution in [3.05, 3.63) is 57.6 Å². The summed E-state index contributed by atoms with van der Waals surface area (Å²) in [7, 11) is 0. The molecule has 12 heteroatoms. The van der Waals surface area contributed by atoms with Crippen LogP contribution < -0.4 is 15.5 Å². The monoisotopic (exact) mass is 513 g/mol. The predicted octanol–water partition coefficient (Wildman–Crippen LogP) is 4.50. The zero-order valence-electron chi connectivity index (χ0n) is 19.1. The molecule has 182 valence electrons. The molecule has 3 aromatic rings. The number of nitro groups is 1. The molecule has 2 aromatic carbocycles. The summed E-state index contributed by atoms with van der Waals surface area (Å²) in [5.41, 5.74) is 1.59. The molecule has 1 aliphatic heterocycles. The number of hydrogen-bond acceptors (Lipinski definition) is 9. The number of carbonyl (C=O) groups excluding carboxylic acids is 2. The van der Waals surface area contributed by atoms with Gasteiger partial charge in [0.1, 0.15) is 5.69 Å². The fraction of sp³-hybridized carbons (Fsp3) is 0.304. The molecule has 1 aromatic heterocycles. The summed E-state index contributed by atoms with van der Waals surface area (Å²) in [6, 6.07) is 9.44. The van der Waals surface area contributed by atoms with E-state index in [4.69, 9.17) is 17.0 Å². The first-order chi connectivity index (χ1) is 16.7. The third-order valence-electron chi connectivity index (χ3n) is 5.30. The fourth-order valence-electron chi connectivity index (χ4n) is 3.73. The number of fused-ring (bicyclic) bond motifs is 1. The maximum Gasteiger partial charge on any atom is 0.338 e. The summed E-state index contributed by atoms with van der Waals surface area (Å²) in [6.07, 6.45) is 1.74. The second-order valence-electron chi connectivity index (χ2n) is 8.22. The average molecular weight is 514 g/mol. The summed E-state index contributed by atoms with van der Waals surface area (Å²) in [5, 5.41) is 17.4. The Kier molecular flexibility index (Phi) is 7.22. The average Bonchev–Trinajstić information content (AvgIpc) is 3.47. The van der Waals surface area contributed by atoms with E-state index in [9.17, 15) is 19.7 Å². The number of thiocarbonyl (C=S) groups is 1. The Morgan fingerprint density at radius 2 is 1.89 bits per heavy atom. The van der Waals surface area contributed by atoms with Crippen molar-refractivity contribution in [3.8, 4) is 0 Å². The highest BCUT2D eigenvalue weighted by Gasteiger charge is 2.24. The fourth-order valence-corrected chi connectivity index (χ4v) is 4.89. The van der Waals surface area contributed by atoms with E-state index in [0.717, 1.165) is 30.6 Å². The van der Waals surface area contributed by atoms with Crippen LogP contribution in [0.15, 0.2) is 36.4 Å². The molecule has 0 atom stereocenters. The molecule has 10 nitrogen and oxygen atoms in total. The minimum atomic E-state index is -0.571. The molecule has 1 saturated heterocycles. The lowest BCUT2D eigenvalue weighted by molar-refractivity contribution is -0.384. The van der Waals surface area contributed by atoms with E-state index in [-0.39, 0.29) is 22.5 Å². The molecule has 0 aliphatic carbocycles. The van der Waals surface area contributed by atoms with E-state index in [0.29, 0.717) is 21.9 Å². The standard InChI is InChI=1S/C23H23N5O5S2/c1-13(2)33-21(30)15-5-7-16-19(12-15)35-23(24-16)26-22(34)25-20(29)14-6-8-17(18(11-14)28(31)32)27-9-3-4-10-27/h5-8,11-13H,3-4,9-10H2,1-2H3,(H2,24,25,26,29,34). The van der Waals surface area contributed by atoms with E-state index in [2.05, 4.69) is 15.6 Å². The van der Waals surface area contributed by atoms with E-state index >= 15 is 0 Å². The van der Waals surface area contributed by atoms with E-state index < -0.39 is 16.8 Å². The summed E-state index contributed by atoms with van der Waals surface area (Å²) < 4.78 is 5.96. The van der Waals surface area contributed by atoms with Gasteiger partial charge in [-0.3, -0.25) is 20.2 Å². The molecule has 2 N–H and O–H groups in total. The minimum Gasteiger partial charge on any atom is -0.459 e. The maximum absolute atomic E-state index is 12.7. The molecular weight excluding hydrogens is 490 g/mol. The van der Waals surface area contributed by atoms with Crippen molar-refractivity contribution in [2.45, 2.75) is 32.8 Å². The SMILES string of the molecule is CC(C)OC(=O)c1ccc2nc(NC(=S)NC(=O)c3ccc(N4CCCC4)c([N+](=O)[O-])c3)sc2c1. The number of hydrogen-bond donors (Lipinski definition) is 2. The molecule has 0 saturated carbocycles. The highest BCUT2D eigenvalue weighted by Crippen LogP contribution is 2.32. The Morgan fingerprint density at radius 1 is 1.17 bits per heavy atom. The van der Waals surface area contributed by atoms with E-state index in [1.807, 2.05) is 4.90 Å². The van der Waals surface area contributed by atoms with Crippen molar-refractivity contribution in [2.24, 2.45) is 0 Å². The highest BCUT2D eigenvalue weighted by atomic mass is 32.1. The smallest absolute Gasteiger partial charge is 0.338 e. The molecule has 0 radical (unpaired) electrons. The number of aromatic nitrogens is 1. The van der Waals surface area contributed by atoms with Gasteiger partial charge < -0.3 is 15.0 Å². The molecule has 1 aliphatic rings. The third kappa shape index (κ3) is 5.72. The summed E-state index contributed by atoms with van der Waals surface area (Å²) in [6.45, 7) is 5.06. The first kappa shape index (κ1) is 24.5. The number of nitro benzene ring substituents is 1. The topological polar surface area (TPSA) is 127 Å². The van der Waals surface area contributed by atoms with Crippen LogP contribution in [0, 0.1) is 10.1 Å². The summed E-state index contributed by atoms with van der Waals surface area (Å²) >= 11 is 6.49. The van der Waals surface area contributed by atoms with Crippen molar-refractivity contribution in [1.29, 1.82) is 0 Å². The number of anilines is 2. The van der Waals surface area contributed by atoms with Crippen LogP contribution in [0.25, 0.3) is 10.2 Å². The first-order valence-electron chi connectivity index (χ1n) is 11.0. The lowest BCUT2D eigenvalue weighted by atomic mass is 10.1. The highest BCUT2D eigenvalue weighted by molar-refractivity contribution is 7.80. The van der Waals surface area contributed by atoms with Crippen molar-refractivity contribution < 1.29 is 19.2 Å². The van der Waals surface area contributed by atoms with Crippen LogP contribution in [0.2, 0.25) is 0 Å². The molecule has 35 heavy (non-hydrogen) atoms. The van der Waals surface area contributed by atoms with Crippen LogP contribution in [0.4, 0.5) is 16.5 Å². The Morgan fingerprint density at radius 3 is 2.57 bits per heavy atom. The van der Waals surface area contributed by atoms with Crippen LogP contribution >= 0.6 is 23.6 Å². The number of nitrogens with zero attached hydrogens (tertiary/aromatic N) is 3. The van der Waals surface area contributed by atoms with Crippen molar-refractivity contribution >= 4 is 67.3 Å². The van der Waals surface area contributed by atoms with Crippen molar-refractivity contribution in [3.63, 3.8) is 0 Å². The second kappa shape index (κ2) is 10.3. The first-order valence-corrected chi connectivity index (χ1v) is 12.2. The maximum atomic E-state index is 12.7. The number of esters is 1. The lowest BCUT2D eigenvalue weighted by Crippen LogP contribution is -2.34. The number of amides is 1. The van der Waals surface area contributed by atoms with E-state index in [1.165, 1.54) is 17.4 Å². The van der Waals surface area contributed by atoms with Gasteiger partial charge in [0.15, 0.2) is 10.2 Å². The molecule has 2 heterocycles. The zero-order chi connectivity index (χ0) is 25.1. The van der Waals surface area contributed by atoms with Gasteiger partial charge in [-0.05, 0) is 69.2 Å². The summed E-state index contributed by atoms with van der Waals surface area (Å²) in [4.78, 5) is 42.3. The van der Waals surface area contributed by atoms with Gasteiger partial charge in [0.05, 0.1) is 26.8 Å². The quantitative estimate of drug-likeness (QED) is 0.212. The second-order valence-corrected chi connectivity index (χ2v) is 9.66. The molecule has 0 unspecified atom stereocenters. The number of nitrogens with one attached hydrogen (secondary N) is 2. The Labute approximate surface area is 210 Å². The molecule has 0 spiro atoms. The van der Waals surface area contributed by atoms with Crippen LogP contribution in [0.1, 0.15) is 47.4 Å². The largest absolute Gasteiger partial charge is 0.459 e. The summed E-state index contributed by atoms with van der Waals surface area (Å²) in [5.74, 6) is -0.990. The Bertz CT molecular complexity index is 1320. The van der Waals surface area contributed by atoms with Gasteiger partial charge in [-0.1, -0.05) is 11.3 Å². The lowest BCUT2D eigenvalue weighted by Gasteiger charge is -2.17. The molecule has 1 fully saturated rings. The third-order valence-corrected chi connectivity index (χ3v) is 6.43.